The first kappa shape index (κ1) is 20.2. The van der Waals surface area contributed by atoms with Crippen molar-refractivity contribution in [2.45, 2.75) is 25.4 Å². The van der Waals surface area contributed by atoms with E-state index >= 15 is 0 Å². The number of anilines is 1. The van der Waals surface area contributed by atoms with E-state index in [4.69, 9.17) is 0 Å². The molecule has 0 bridgehead atoms. The van der Waals surface area contributed by atoms with Crippen LogP contribution in [0.15, 0.2) is 60.4 Å². The fraction of sp³-hybridized carbons (Fsp3) is 0.273. The lowest BCUT2D eigenvalue weighted by Gasteiger charge is -2.32. The number of benzene rings is 1. The second-order valence-electron chi connectivity index (χ2n) is 7.22. The topological polar surface area (TPSA) is 87.2 Å². The van der Waals surface area contributed by atoms with Crippen molar-refractivity contribution in [1.29, 1.82) is 0 Å². The summed E-state index contributed by atoms with van der Waals surface area (Å²) in [4.78, 5) is 35.9. The number of carbonyl (C=O) groups is 2. The van der Waals surface area contributed by atoms with Crippen LogP contribution in [0.1, 0.15) is 38.6 Å². The Morgan fingerprint density at radius 2 is 1.87 bits per heavy atom. The summed E-state index contributed by atoms with van der Waals surface area (Å²) >= 11 is 1.31. The lowest BCUT2D eigenvalue weighted by Crippen LogP contribution is -2.44. The number of amides is 2. The molecule has 1 fully saturated rings. The Bertz CT molecular complexity index is 985. The molecule has 3 heterocycles. The number of nitrogens with zero attached hydrogens (tertiary/aromatic N) is 3. The van der Waals surface area contributed by atoms with Gasteiger partial charge in [-0.3, -0.25) is 19.5 Å². The zero-order valence-electron chi connectivity index (χ0n) is 16.5. The van der Waals surface area contributed by atoms with Gasteiger partial charge < -0.3 is 10.6 Å². The minimum absolute atomic E-state index is 0.134. The summed E-state index contributed by atoms with van der Waals surface area (Å²) in [6, 6.07) is 12.3. The van der Waals surface area contributed by atoms with E-state index in [1.54, 1.807) is 11.4 Å². The molecule has 0 radical (unpaired) electrons. The zero-order chi connectivity index (χ0) is 20.8. The average molecular weight is 422 g/mol. The lowest BCUT2D eigenvalue weighted by molar-refractivity contribution is 0.0914. The van der Waals surface area contributed by atoms with Crippen LogP contribution in [0.3, 0.4) is 0 Å². The van der Waals surface area contributed by atoms with E-state index in [0.717, 1.165) is 32.5 Å². The first-order valence-corrected chi connectivity index (χ1v) is 10.8. The maximum absolute atomic E-state index is 12.8. The van der Waals surface area contributed by atoms with Gasteiger partial charge in [-0.1, -0.05) is 30.3 Å². The van der Waals surface area contributed by atoms with E-state index in [2.05, 4.69) is 49.8 Å². The molecule has 2 N–H and O–H groups in total. The number of nitrogens with one attached hydrogen (secondary N) is 2. The smallest absolute Gasteiger partial charge is 0.275 e. The maximum atomic E-state index is 12.8. The highest BCUT2D eigenvalue weighted by Gasteiger charge is 2.23. The van der Waals surface area contributed by atoms with Crippen molar-refractivity contribution in [3.63, 3.8) is 0 Å². The van der Waals surface area contributed by atoms with Gasteiger partial charge in [0, 0.05) is 38.1 Å². The van der Waals surface area contributed by atoms with E-state index in [9.17, 15) is 9.59 Å². The molecule has 0 spiro atoms. The number of piperidine rings is 1. The maximum Gasteiger partial charge on any atom is 0.275 e. The minimum Gasteiger partial charge on any atom is -0.348 e. The molecule has 8 heteroatoms. The Kier molecular flexibility index (Phi) is 6.46. The Morgan fingerprint density at radius 3 is 2.60 bits per heavy atom. The van der Waals surface area contributed by atoms with Gasteiger partial charge >= 0.3 is 0 Å². The largest absolute Gasteiger partial charge is 0.348 e. The predicted octanol–water partition coefficient (Wildman–Crippen LogP) is 3.18. The van der Waals surface area contributed by atoms with Crippen LogP contribution in [0.25, 0.3) is 0 Å². The first-order valence-electron chi connectivity index (χ1n) is 9.91. The van der Waals surface area contributed by atoms with Crippen LogP contribution in [-0.4, -0.2) is 45.8 Å². The number of rotatable bonds is 6. The molecule has 0 saturated carbocycles. The highest BCUT2D eigenvalue weighted by molar-refractivity contribution is 7.12. The molecule has 3 aromatic rings. The van der Waals surface area contributed by atoms with Gasteiger partial charge in [-0.25, -0.2) is 4.98 Å². The summed E-state index contributed by atoms with van der Waals surface area (Å²) in [7, 11) is 0. The fourth-order valence-electron chi connectivity index (χ4n) is 3.51. The predicted molar refractivity (Wildman–Crippen MR) is 117 cm³/mol. The molecule has 0 aliphatic carbocycles. The van der Waals surface area contributed by atoms with Crippen LogP contribution < -0.4 is 10.6 Å². The second-order valence-corrected chi connectivity index (χ2v) is 8.13. The molecule has 0 unspecified atom stereocenters. The molecule has 4 rings (SSSR count). The third-order valence-corrected chi connectivity index (χ3v) is 6.00. The van der Waals surface area contributed by atoms with Gasteiger partial charge in [-0.15, -0.1) is 11.3 Å². The van der Waals surface area contributed by atoms with E-state index in [0.29, 0.717) is 10.6 Å². The molecule has 0 atom stereocenters. The molecule has 1 saturated heterocycles. The number of aromatic nitrogens is 2. The van der Waals surface area contributed by atoms with Gasteiger partial charge in [0.15, 0.2) is 0 Å². The third kappa shape index (κ3) is 5.08. The van der Waals surface area contributed by atoms with Crippen molar-refractivity contribution in [2.24, 2.45) is 0 Å². The number of thiophene rings is 1. The lowest BCUT2D eigenvalue weighted by atomic mass is 10.0. The van der Waals surface area contributed by atoms with Gasteiger partial charge in [0.2, 0.25) is 0 Å². The SMILES string of the molecule is O=C(Nc1ccsc1C(=O)NC1CCN(Cc2ccccc2)CC1)c1cnccn1. The van der Waals surface area contributed by atoms with Crippen LogP contribution in [-0.2, 0) is 6.54 Å². The fourth-order valence-corrected chi connectivity index (χ4v) is 4.27. The summed E-state index contributed by atoms with van der Waals surface area (Å²) in [5.41, 5.74) is 2.01. The van der Waals surface area contributed by atoms with E-state index < -0.39 is 0 Å². The summed E-state index contributed by atoms with van der Waals surface area (Å²) in [6.07, 6.45) is 6.17. The Labute approximate surface area is 179 Å². The highest BCUT2D eigenvalue weighted by Crippen LogP contribution is 2.23. The summed E-state index contributed by atoms with van der Waals surface area (Å²) < 4.78 is 0. The van der Waals surface area contributed by atoms with Crippen molar-refractivity contribution >= 4 is 28.8 Å². The number of carbonyl (C=O) groups excluding carboxylic acids is 2. The first-order chi connectivity index (χ1) is 14.7. The molecule has 30 heavy (non-hydrogen) atoms. The zero-order valence-corrected chi connectivity index (χ0v) is 17.3. The molecular weight excluding hydrogens is 398 g/mol. The summed E-state index contributed by atoms with van der Waals surface area (Å²) in [5.74, 6) is -0.536. The molecule has 7 nitrogen and oxygen atoms in total. The van der Waals surface area contributed by atoms with E-state index in [-0.39, 0.29) is 23.6 Å². The van der Waals surface area contributed by atoms with E-state index in [1.165, 1.54) is 35.5 Å². The highest BCUT2D eigenvalue weighted by atomic mass is 32.1. The van der Waals surface area contributed by atoms with Gasteiger partial charge in [0.05, 0.1) is 11.9 Å². The third-order valence-electron chi connectivity index (χ3n) is 5.09. The molecule has 1 aliphatic heterocycles. The van der Waals surface area contributed by atoms with Crippen molar-refractivity contribution in [1.82, 2.24) is 20.2 Å². The molecule has 154 valence electrons. The Morgan fingerprint density at radius 1 is 1.07 bits per heavy atom. The van der Waals surface area contributed by atoms with Crippen molar-refractivity contribution in [3.05, 3.63) is 76.5 Å². The van der Waals surface area contributed by atoms with E-state index in [1.807, 2.05) is 6.07 Å². The van der Waals surface area contributed by atoms with Crippen LogP contribution in [0.5, 0.6) is 0 Å². The van der Waals surface area contributed by atoms with Gasteiger partial charge in [0.25, 0.3) is 11.8 Å². The number of hydrogen-bond acceptors (Lipinski definition) is 6. The Hall–Kier alpha value is -3.10. The second kappa shape index (κ2) is 9.60. The number of hydrogen-bond donors (Lipinski definition) is 2. The van der Waals surface area contributed by atoms with Crippen molar-refractivity contribution < 1.29 is 9.59 Å². The molecule has 1 aliphatic rings. The van der Waals surface area contributed by atoms with Gasteiger partial charge in [0.1, 0.15) is 10.6 Å². The van der Waals surface area contributed by atoms with Crippen LogP contribution in [0.4, 0.5) is 5.69 Å². The average Bonchev–Trinajstić information content (AvgIpc) is 3.25. The molecular formula is C22H23N5O2S. The molecule has 1 aromatic carbocycles. The number of likely N-dealkylation sites (tertiary alicyclic amines) is 1. The van der Waals surface area contributed by atoms with Gasteiger partial charge in [-0.2, -0.15) is 0 Å². The molecule has 2 aromatic heterocycles. The summed E-state index contributed by atoms with van der Waals surface area (Å²) in [5, 5.41) is 7.68. The van der Waals surface area contributed by atoms with Crippen molar-refractivity contribution in [3.8, 4) is 0 Å². The van der Waals surface area contributed by atoms with Crippen LogP contribution >= 0.6 is 11.3 Å². The normalized spacial score (nSPS) is 14.9. The molecule has 2 amide bonds. The minimum atomic E-state index is -0.384. The van der Waals surface area contributed by atoms with Crippen LogP contribution in [0.2, 0.25) is 0 Å². The van der Waals surface area contributed by atoms with Crippen LogP contribution in [0, 0.1) is 0 Å². The quantitative estimate of drug-likeness (QED) is 0.638. The Balaban J connectivity index is 1.30. The van der Waals surface area contributed by atoms with Gasteiger partial charge in [-0.05, 0) is 29.9 Å². The van der Waals surface area contributed by atoms with Crippen molar-refractivity contribution in [2.75, 3.05) is 18.4 Å². The summed E-state index contributed by atoms with van der Waals surface area (Å²) in [6.45, 7) is 2.83. The standard InChI is InChI=1S/C22H23N5O2S/c28-21(19-14-23-9-10-24-19)26-18-8-13-30-20(18)22(29)25-17-6-11-27(12-7-17)15-16-4-2-1-3-5-16/h1-5,8-10,13-14,17H,6-7,11-12,15H2,(H,25,29)(H,26,28). The monoisotopic (exact) mass is 421 g/mol.